The Kier molecular flexibility index (Phi) is 8.40. The molecule has 37 heavy (non-hydrogen) atoms. The van der Waals surface area contributed by atoms with Gasteiger partial charge in [-0.2, -0.15) is 0 Å². The van der Waals surface area contributed by atoms with Crippen molar-refractivity contribution in [1.82, 2.24) is 20.3 Å². The summed E-state index contributed by atoms with van der Waals surface area (Å²) in [6.07, 6.45) is -0.444. The van der Waals surface area contributed by atoms with E-state index in [1.807, 2.05) is 0 Å². The van der Waals surface area contributed by atoms with Crippen molar-refractivity contribution in [3.05, 3.63) is 39.8 Å². The molecule has 0 aromatic carbocycles. The Bertz CT molecular complexity index is 1300. The first-order valence-corrected chi connectivity index (χ1v) is 12.9. The highest BCUT2D eigenvalue weighted by atomic mass is 35.5. The van der Waals surface area contributed by atoms with E-state index in [9.17, 15) is 9.59 Å². The van der Waals surface area contributed by atoms with Crippen LogP contribution in [0.25, 0.3) is 11.4 Å². The van der Waals surface area contributed by atoms with Crippen molar-refractivity contribution in [2.75, 3.05) is 31.7 Å². The molecule has 3 aromatic heterocycles. The van der Waals surface area contributed by atoms with Crippen molar-refractivity contribution in [2.45, 2.75) is 32.5 Å². The van der Waals surface area contributed by atoms with Crippen LogP contribution in [0, 0.1) is 6.92 Å². The number of aromatic amines is 1. The Morgan fingerprint density at radius 1 is 1.35 bits per heavy atom. The van der Waals surface area contributed by atoms with Gasteiger partial charge >= 0.3 is 6.16 Å². The Balaban J connectivity index is 1.51. The van der Waals surface area contributed by atoms with Crippen LogP contribution in [0.4, 0.5) is 14.3 Å². The van der Waals surface area contributed by atoms with Gasteiger partial charge in [-0.15, -0.1) is 0 Å². The number of piperidine rings is 1. The van der Waals surface area contributed by atoms with Gasteiger partial charge in [-0.05, 0) is 26.3 Å². The number of carbonyl (C=O) groups is 2. The monoisotopic (exact) mass is 571 g/mol. The van der Waals surface area contributed by atoms with E-state index in [0.29, 0.717) is 40.9 Å². The van der Waals surface area contributed by atoms with Crippen molar-refractivity contribution < 1.29 is 28.2 Å². The Hall–Kier alpha value is -3.09. The van der Waals surface area contributed by atoms with E-state index < -0.39 is 24.3 Å². The molecule has 0 bridgehead atoms. The van der Waals surface area contributed by atoms with Gasteiger partial charge in [0.1, 0.15) is 23.3 Å². The maximum Gasteiger partial charge on any atom is 0.514 e. The molecule has 14 heteroatoms. The number of ether oxygens (including phenoxy) is 3. The number of aromatic nitrogens is 3. The molecular formula is C23H24Cl2FN5O5S. The molecule has 0 aliphatic carbocycles. The normalized spacial score (nSPS) is 17.4. The Morgan fingerprint density at radius 3 is 2.78 bits per heavy atom. The summed E-state index contributed by atoms with van der Waals surface area (Å²) in [5.74, 6) is 0.00696. The van der Waals surface area contributed by atoms with Crippen molar-refractivity contribution in [3.8, 4) is 22.2 Å². The summed E-state index contributed by atoms with van der Waals surface area (Å²) in [5.41, 5.74) is 1.35. The standard InChI is InChI=1S/C23H24Cl2FN5O5S/c1-4-35-23(33)36-21-18(15-9-12(34-3)5-7-27-15)30-22(37-21)31-8-6-14(13(26)10-31)29-20(32)19-17(25)16(24)11(2)28-19/h5,7,9,13-14,28H,4,6,8,10H2,1-3H3,(H,29,32)/t13-,14+/m0/s1. The average molecular weight is 572 g/mol. The third-order valence-corrected chi connectivity index (χ3v) is 7.58. The van der Waals surface area contributed by atoms with Crippen molar-refractivity contribution in [2.24, 2.45) is 0 Å². The zero-order valence-corrected chi connectivity index (χ0v) is 22.5. The molecule has 3 aromatic rings. The highest BCUT2D eigenvalue weighted by molar-refractivity contribution is 7.18. The highest BCUT2D eigenvalue weighted by Gasteiger charge is 2.34. The number of rotatable bonds is 7. The van der Waals surface area contributed by atoms with E-state index in [0.717, 1.165) is 11.3 Å². The van der Waals surface area contributed by atoms with Gasteiger partial charge in [-0.1, -0.05) is 34.5 Å². The molecule has 1 aliphatic heterocycles. The lowest BCUT2D eigenvalue weighted by atomic mass is 10.0. The molecule has 4 rings (SSSR count). The molecule has 2 atom stereocenters. The summed E-state index contributed by atoms with van der Waals surface area (Å²) in [6.45, 7) is 3.83. The number of methoxy groups -OCH3 is 1. The lowest BCUT2D eigenvalue weighted by Crippen LogP contribution is -2.52. The van der Waals surface area contributed by atoms with Crippen LogP contribution in [0.3, 0.4) is 0 Å². The van der Waals surface area contributed by atoms with E-state index in [2.05, 4.69) is 20.3 Å². The summed E-state index contributed by atoms with van der Waals surface area (Å²) >= 11 is 13.2. The molecule has 1 amide bonds. The summed E-state index contributed by atoms with van der Waals surface area (Å²) in [5, 5.41) is 3.64. The average Bonchev–Trinajstić information content (AvgIpc) is 3.41. The molecule has 198 valence electrons. The van der Waals surface area contributed by atoms with Crippen LogP contribution in [0.1, 0.15) is 29.5 Å². The first-order valence-electron chi connectivity index (χ1n) is 11.3. The fourth-order valence-corrected chi connectivity index (χ4v) is 5.13. The van der Waals surface area contributed by atoms with Gasteiger partial charge in [0.25, 0.3) is 5.91 Å². The highest BCUT2D eigenvalue weighted by Crippen LogP contribution is 2.40. The van der Waals surface area contributed by atoms with Crippen LogP contribution in [0.2, 0.25) is 10.0 Å². The van der Waals surface area contributed by atoms with Crippen LogP contribution in [-0.2, 0) is 4.74 Å². The summed E-state index contributed by atoms with van der Waals surface area (Å²) in [4.78, 5) is 38.1. The predicted octanol–water partition coefficient (Wildman–Crippen LogP) is 5.04. The van der Waals surface area contributed by atoms with Gasteiger partial charge in [-0.3, -0.25) is 9.78 Å². The molecular weight excluding hydrogens is 548 g/mol. The number of nitrogens with zero attached hydrogens (tertiary/aromatic N) is 3. The van der Waals surface area contributed by atoms with E-state index >= 15 is 4.39 Å². The lowest BCUT2D eigenvalue weighted by molar-refractivity contribution is 0.0893. The number of alkyl halides is 1. The fourth-order valence-electron chi connectivity index (χ4n) is 3.76. The van der Waals surface area contributed by atoms with Crippen LogP contribution in [0.5, 0.6) is 10.8 Å². The van der Waals surface area contributed by atoms with Crippen molar-refractivity contribution in [3.63, 3.8) is 0 Å². The quantitative estimate of drug-likeness (QED) is 0.378. The number of halogens is 3. The predicted molar refractivity (Wildman–Crippen MR) is 138 cm³/mol. The molecule has 0 unspecified atom stereocenters. The molecule has 1 fully saturated rings. The first kappa shape index (κ1) is 27.0. The zero-order valence-electron chi connectivity index (χ0n) is 20.1. The SMILES string of the molecule is CCOC(=O)Oc1sc(N2CC[C@@H](NC(=O)c3[nH]c(C)c(Cl)c3Cl)[C@@H](F)C2)nc1-c1cc(OC)ccn1. The summed E-state index contributed by atoms with van der Waals surface area (Å²) < 4.78 is 30.7. The third kappa shape index (κ3) is 5.91. The fraction of sp³-hybridized carbons (Fsp3) is 0.391. The largest absolute Gasteiger partial charge is 0.514 e. The molecule has 0 radical (unpaired) electrons. The minimum atomic E-state index is -1.40. The van der Waals surface area contributed by atoms with E-state index in [1.165, 1.54) is 13.3 Å². The van der Waals surface area contributed by atoms with Gasteiger partial charge in [0, 0.05) is 24.5 Å². The van der Waals surface area contributed by atoms with Gasteiger partial charge in [0.15, 0.2) is 5.13 Å². The first-order chi connectivity index (χ1) is 17.7. The van der Waals surface area contributed by atoms with Crippen LogP contribution in [0.15, 0.2) is 18.3 Å². The van der Waals surface area contributed by atoms with E-state index in [1.54, 1.807) is 30.9 Å². The Labute approximate surface area is 226 Å². The zero-order chi connectivity index (χ0) is 26.7. The van der Waals surface area contributed by atoms with E-state index in [4.69, 9.17) is 37.4 Å². The number of amides is 1. The van der Waals surface area contributed by atoms with Crippen molar-refractivity contribution >= 4 is 51.7 Å². The number of pyridine rings is 1. The van der Waals surface area contributed by atoms with Crippen molar-refractivity contribution in [1.29, 1.82) is 0 Å². The molecule has 1 saturated heterocycles. The second kappa shape index (κ2) is 11.5. The molecule has 0 spiro atoms. The number of thiazole rings is 1. The number of hydrogen-bond acceptors (Lipinski definition) is 9. The minimum Gasteiger partial charge on any atom is -0.497 e. The number of nitrogens with one attached hydrogen (secondary N) is 2. The smallest absolute Gasteiger partial charge is 0.497 e. The van der Waals surface area contributed by atoms with Gasteiger partial charge in [0.05, 0.1) is 42.0 Å². The molecule has 0 saturated carbocycles. The Morgan fingerprint density at radius 2 is 2.14 bits per heavy atom. The maximum absolute atomic E-state index is 15.2. The topological polar surface area (TPSA) is 119 Å². The van der Waals surface area contributed by atoms with Crippen LogP contribution < -0.4 is 19.7 Å². The third-order valence-electron chi connectivity index (χ3n) is 5.64. The second-order valence-electron chi connectivity index (χ2n) is 8.08. The van der Waals surface area contributed by atoms with Gasteiger partial charge in [-0.25, -0.2) is 14.2 Å². The molecule has 10 nitrogen and oxygen atoms in total. The number of hydrogen-bond donors (Lipinski definition) is 2. The van der Waals surface area contributed by atoms with E-state index in [-0.39, 0.29) is 34.0 Å². The second-order valence-corrected chi connectivity index (χ2v) is 9.78. The maximum atomic E-state index is 15.2. The number of aryl methyl sites for hydroxylation is 1. The number of anilines is 1. The lowest BCUT2D eigenvalue weighted by Gasteiger charge is -2.34. The molecule has 2 N–H and O–H groups in total. The van der Waals surface area contributed by atoms with Crippen LogP contribution >= 0.6 is 34.5 Å². The summed E-state index contributed by atoms with van der Waals surface area (Å²) in [6, 6.07) is 2.58. The number of carbonyl (C=O) groups excluding carboxylic acids is 2. The summed E-state index contributed by atoms with van der Waals surface area (Å²) in [7, 11) is 1.52. The van der Waals surface area contributed by atoms with Crippen LogP contribution in [-0.4, -0.2) is 66.0 Å². The minimum absolute atomic E-state index is 0.0411. The number of H-pyrrole nitrogens is 1. The molecule has 1 aliphatic rings. The van der Waals surface area contributed by atoms with Gasteiger partial charge in [0.2, 0.25) is 5.06 Å². The molecule has 4 heterocycles. The van der Waals surface area contributed by atoms with Gasteiger partial charge < -0.3 is 29.4 Å².